The van der Waals surface area contributed by atoms with Gasteiger partial charge in [-0.25, -0.2) is 9.59 Å². The van der Waals surface area contributed by atoms with Crippen molar-refractivity contribution < 1.29 is 14.7 Å². The van der Waals surface area contributed by atoms with Gasteiger partial charge < -0.3 is 10.0 Å². The van der Waals surface area contributed by atoms with Gasteiger partial charge in [-0.3, -0.25) is 4.90 Å². The highest BCUT2D eigenvalue weighted by Crippen LogP contribution is 2.31. The number of nitrogens with zero attached hydrogens (tertiary/aromatic N) is 2. The number of rotatable bonds is 2. The maximum Gasteiger partial charge on any atom is 0.328 e. The maximum atomic E-state index is 12.0. The quantitative estimate of drug-likeness (QED) is 0.892. The summed E-state index contributed by atoms with van der Waals surface area (Å²) in [6.45, 7) is 1.93. The first-order valence-electron chi connectivity index (χ1n) is 5.45. The summed E-state index contributed by atoms with van der Waals surface area (Å²) in [5.41, 5.74) is 1.25. The van der Waals surface area contributed by atoms with Gasteiger partial charge in [-0.2, -0.15) is 0 Å². The predicted molar refractivity (Wildman–Crippen MR) is 68.1 cm³/mol. The lowest BCUT2D eigenvalue weighted by molar-refractivity contribution is -0.138. The summed E-state index contributed by atoms with van der Waals surface area (Å²) in [6, 6.07) is 3.91. The van der Waals surface area contributed by atoms with Crippen molar-refractivity contribution in [3.63, 3.8) is 0 Å². The first-order chi connectivity index (χ1) is 8.43. The predicted octanol–water partition coefficient (Wildman–Crippen LogP) is 1.97. The number of aliphatic carboxylic acids is 1. The van der Waals surface area contributed by atoms with E-state index >= 15 is 0 Å². The van der Waals surface area contributed by atoms with Crippen molar-refractivity contribution in [1.29, 1.82) is 0 Å². The molecule has 1 unspecified atom stereocenters. The molecule has 6 heteroatoms. The molecule has 1 aliphatic heterocycles. The topological polar surface area (TPSA) is 60.9 Å². The fraction of sp³-hybridized carbons (Fsp3) is 0.333. The number of urea groups is 1. The SMILES string of the molecule is Cc1c(Cl)cccc1N1C(=O)N(C)CC1C(=O)O. The minimum absolute atomic E-state index is 0.167. The molecular formula is C12H13ClN2O3. The summed E-state index contributed by atoms with van der Waals surface area (Å²) in [5.74, 6) is -1.02. The summed E-state index contributed by atoms with van der Waals surface area (Å²) < 4.78 is 0. The van der Waals surface area contributed by atoms with Crippen LogP contribution in [0.15, 0.2) is 18.2 Å². The minimum Gasteiger partial charge on any atom is -0.480 e. The van der Waals surface area contributed by atoms with Crippen LogP contribution >= 0.6 is 11.6 Å². The number of carbonyl (C=O) groups is 2. The zero-order valence-electron chi connectivity index (χ0n) is 10.1. The Kier molecular flexibility index (Phi) is 3.17. The molecule has 1 N–H and O–H groups in total. The molecule has 0 spiro atoms. The van der Waals surface area contributed by atoms with E-state index in [4.69, 9.17) is 11.6 Å². The molecule has 0 bridgehead atoms. The number of likely N-dealkylation sites (N-methyl/N-ethyl adjacent to an activating group) is 1. The van der Waals surface area contributed by atoms with Gasteiger partial charge in [0.25, 0.3) is 0 Å². The van der Waals surface area contributed by atoms with E-state index in [1.165, 1.54) is 9.80 Å². The van der Waals surface area contributed by atoms with Crippen LogP contribution in [0.5, 0.6) is 0 Å². The Bertz CT molecular complexity index is 518. The van der Waals surface area contributed by atoms with Crippen LogP contribution in [0, 0.1) is 6.92 Å². The summed E-state index contributed by atoms with van der Waals surface area (Å²) in [5, 5.41) is 9.70. The molecule has 1 atom stereocenters. The lowest BCUT2D eigenvalue weighted by Gasteiger charge is -2.22. The standard InChI is InChI=1S/C12H13ClN2O3/c1-7-8(13)4-3-5-9(7)15-10(11(16)17)6-14(2)12(15)18/h3-5,10H,6H2,1-2H3,(H,16,17). The van der Waals surface area contributed by atoms with Gasteiger partial charge in [0.2, 0.25) is 0 Å². The Balaban J connectivity index is 2.50. The Hall–Kier alpha value is -1.75. The number of hydrogen-bond donors (Lipinski definition) is 1. The van der Waals surface area contributed by atoms with Crippen molar-refractivity contribution in [2.75, 3.05) is 18.5 Å². The third-order valence-corrected chi connectivity index (χ3v) is 3.48. The average Bonchev–Trinajstić information content (AvgIpc) is 2.60. The van der Waals surface area contributed by atoms with Gasteiger partial charge in [0.05, 0.1) is 12.2 Å². The van der Waals surface area contributed by atoms with Crippen molar-refractivity contribution in [1.82, 2.24) is 4.90 Å². The molecule has 2 rings (SSSR count). The van der Waals surface area contributed by atoms with Crippen molar-refractivity contribution in [3.8, 4) is 0 Å². The Morgan fingerprint density at radius 1 is 1.50 bits per heavy atom. The number of anilines is 1. The summed E-state index contributed by atoms with van der Waals surface area (Å²) in [7, 11) is 1.58. The van der Waals surface area contributed by atoms with Crippen molar-refractivity contribution >= 4 is 29.3 Å². The molecule has 1 aromatic carbocycles. The summed E-state index contributed by atoms with van der Waals surface area (Å²) in [4.78, 5) is 25.9. The highest BCUT2D eigenvalue weighted by atomic mass is 35.5. The van der Waals surface area contributed by atoms with E-state index < -0.39 is 12.0 Å². The molecule has 18 heavy (non-hydrogen) atoms. The molecule has 1 aliphatic rings. The second-order valence-corrected chi connectivity index (χ2v) is 4.68. The van der Waals surface area contributed by atoms with E-state index in [2.05, 4.69) is 0 Å². The van der Waals surface area contributed by atoms with E-state index in [0.29, 0.717) is 16.3 Å². The monoisotopic (exact) mass is 268 g/mol. The van der Waals surface area contributed by atoms with Crippen molar-refractivity contribution in [2.24, 2.45) is 0 Å². The smallest absolute Gasteiger partial charge is 0.328 e. The van der Waals surface area contributed by atoms with E-state index in [-0.39, 0.29) is 12.6 Å². The van der Waals surface area contributed by atoms with E-state index in [0.717, 1.165) is 0 Å². The van der Waals surface area contributed by atoms with Gasteiger partial charge in [0.15, 0.2) is 6.04 Å². The second kappa shape index (κ2) is 4.49. The summed E-state index contributed by atoms with van der Waals surface area (Å²) >= 11 is 6.00. The first kappa shape index (κ1) is 12.7. The lowest BCUT2D eigenvalue weighted by atomic mass is 10.1. The third-order valence-electron chi connectivity index (χ3n) is 3.07. The van der Waals surface area contributed by atoms with Gasteiger partial charge in [0, 0.05) is 12.1 Å². The van der Waals surface area contributed by atoms with Crippen LogP contribution in [0.4, 0.5) is 10.5 Å². The van der Waals surface area contributed by atoms with Crippen LogP contribution in [-0.2, 0) is 4.79 Å². The highest BCUT2D eigenvalue weighted by Gasteiger charge is 2.41. The number of benzene rings is 1. The molecule has 96 valence electrons. The average molecular weight is 269 g/mol. The van der Waals surface area contributed by atoms with Crippen LogP contribution in [0.3, 0.4) is 0 Å². The van der Waals surface area contributed by atoms with Crippen LogP contribution in [0.2, 0.25) is 5.02 Å². The molecule has 1 aromatic rings. The Morgan fingerprint density at radius 3 is 2.78 bits per heavy atom. The number of hydrogen-bond acceptors (Lipinski definition) is 2. The first-order valence-corrected chi connectivity index (χ1v) is 5.83. The van der Waals surface area contributed by atoms with Crippen LogP contribution < -0.4 is 4.90 Å². The van der Waals surface area contributed by atoms with Gasteiger partial charge in [-0.05, 0) is 24.6 Å². The maximum absolute atomic E-state index is 12.0. The van der Waals surface area contributed by atoms with Crippen molar-refractivity contribution in [2.45, 2.75) is 13.0 Å². The van der Waals surface area contributed by atoms with Crippen LogP contribution in [-0.4, -0.2) is 41.6 Å². The molecule has 0 saturated carbocycles. The number of carbonyl (C=O) groups excluding carboxylic acids is 1. The summed E-state index contributed by atoms with van der Waals surface area (Å²) in [6.07, 6.45) is 0. The molecule has 2 amide bonds. The lowest BCUT2D eigenvalue weighted by Crippen LogP contribution is -2.40. The van der Waals surface area contributed by atoms with Crippen LogP contribution in [0.1, 0.15) is 5.56 Å². The molecule has 0 aliphatic carbocycles. The van der Waals surface area contributed by atoms with Gasteiger partial charge >= 0.3 is 12.0 Å². The molecule has 0 radical (unpaired) electrons. The second-order valence-electron chi connectivity index (χ2n) is 4.27. The van der Waals surface area contributed by atoms with Crippen molar-refractivity contribution in [3.05, 3.63) is 28.8 Å². The zero-order valence-corrected chi connectivity index (χ0v) is 10.8. The molecule has 0 aromatic heterocycles. The highest BCUT2D eigenvalue weighted by molar-refractivity contribution is 6.31. The van der Waals surface area contributed by atoms with E-state index in [1.807, 2.05) is 0 Å². The number of amides is 2. The molecule has 5 nitrogen and oxygen atoms in total. The molecule has 1 fully saturated rings. The van der Waals surface area contributed by atoms with Crippen LogP contribution in [0.25, 0.3) is 0 Å². The number of carboxylic acids is 1. The Morgan fingerprint density at radius 2 is 2.17 bits per heavy atom. The van der Waals surface area contributed by atoms with Gasteiger partial charge in [0.1, 0.15) is 0 Å². The van der Waals surface area contributed by atoms with Gasteiger partial charge in [-0.15, -0.1) is 0 Å². The van der Waals surface area contributed by atoms with E-state index in [1.54, 1.807) is 32.2 Å². The third kappa shape index (κ3) is 1.90. The molecule has 1 heterocycles. The molecule has 1 saturated heterocycles. The van der Waals surface area contributed by atoms with Gasteiger partial charge in [-0.1, -0.05) is 17.7 Å². The number of carboxylic acid groups (broad SMARTS) is 1. The Labute approximate surface area is 110 Å². The normalized spacial score (nSPS) is 19.5. The van der Waals surface area contributed by atoms with E-state index in [9.17, 15) is 14.7 Å². The fourth-order valence-electron chi connectivity index (χ4n) is 2.05. The minimum atomic E-state index is -1.02. The largest absolute Gasteiger partial charge is 0.480 e. The number of halogens is 1. The fourth-order valence-corrected chi connectivity index (χ4v) is 2.22. The molecular weight excluding hydrogens is 256 g/mol. The zero-order chi connectivity index (χ0) is 13.4.